The average molecular weight is 1310 g/mol. The highest BCUT2D eigenvalue weighted by Crippen LogP contribution is 2.56. The maximum Gasteiger partial charge on any atom is 0.501 e. The van der Waals surface area contributed by atoms with Crippen LogP contribution in [0.15, 0.2) is 130 Å². The number of nitrogens with zero attached hydrogens (tertiary/aromatic N) is 5. The van der Waals surface area contributed by atoms with Gasteiger partial charge in [-0.2, -0.15) is 13.2 Å². The van der Waals surface area contributed by atoms with E-state index in [1.54, 1.807) is 31.2 Å². The lowest BCUT2D eigenvalue weighted by Crippen LogP contribution is -2.46. The lowest BCUT2D eigenvalue weighted by Gasteiger charge is -2.37. The number of esters is 1. The summed E-state index contributed by atoms with van der Waals surface area (Å²) in [4.78, 5) is 37.3. The van der Waals surface area contributed by atoms with Crippen molar-refractivity contribution in [2.45, 2.75) is 79.1 Å². The van der Waals surface area contributed by atoms with Crippen molar-refractivity contribution in [2.24, 2.45) is 11.8 Å². The number of benzene rings is 5. The normalized spacial score (nSPS) is 18.1. The number of aromatic nitrogens is 1. The molecule has 0 spiro atoms. The second-order valence-electron chi connectivity index (χ2n) is 22.3. The van der Waals surface area contributed by atoms with Gasteiger partial charge in [-0.05, 0) is 174 Å². The molecule has 26 heteroatoms. The van der Waals surface area contributed by atoms with Gasteiger partial charge in [0.25, 0.3) is 9.84 Å². The molecule has 5 aromatic carbocycles. The molecule has 9 rings (SSSR count). The fourth-order valence-electron chi connectivity index (χ4n) is 11.7. The van der Waals surface area contributed by atoms with Crippen molar-refractivity contribution in [3.05, 3.63) is 137 Å². The number of hydrogen-bond acceptors (Lipinski definition) is 13. The molecule has 464 valence electrons. The monoisotopic (exact) mass is 1310 g/mol. The van der Waals surface area contributed by atoms with Crippen LogP contribution in [-0.4, -0.2) is 131 Å². The second-order valence-corrected chi connectivity index (χ2v) is 31.8. The molecule has 3 saturated heterocycles. The van der Waals surface area contributed by atoms with E-state index in [1.807, 2.05) is 84.0 Å². The van der Waals surface area contributed by atoms with E-state index < -0.39 is 62.9 Å². The smallest absolute Gasteiger partial charge is 0.465 e. The summed E-state index contributed by atoms with van der Waals surface area (Å²) >= 11 is 7.77. The van der Waals surface area contributed by atoms with E-state index in [9.17, 15) is 39.4 Å². The minimum Gasteiger partial charge on any atom is -0.465 e. The van der Waals surface area contributed by atoms with Gasteiger partial charge < -0.3 is 38.3 Å². The molecule has 1 aromatic heterocycles. The van der Waals surface area contributed by atoms with E-state index in [2.05, 4.69) is 9.80 Å². The molecule has 6 aromatic rings. The Morgan fingerprint density at radius 3 is 2.09 bits per heavy atom. The molecule has 16 nitrogen and oxygen atoms in total. The van der Waals surface area contributed by atoms with E-state index >= 15 is 8.96 Å². The topological polar surface area (TPSA) is 196 Å². The Hall–Kier alpha value is -5.19. The zero-order valence-corrected chi connectivity index (χ0v) is 53.0. The molecule has 0 aliphatic carbocycles. The minimum absolute atomic E-state index is 0.0336. The summed E-state index contributed by atoms with van der Waals surface area (Å²) in [7, 11) is -18.2. The number of likely N-dealkylation sites (tertiary alicyclic amines) is 1. The lowest BCUT2D eigenvalue weighted by molar-refractivity contribution is -0.150. The van der Waals surface area contributed by atoms with Gasteiger partial charge in [-0.15, -0.1) is 11.8 Å². The van der Waals surface area contributed by atoms with Crippen molar-refractivity contribution in [3.8, 4) is 22.4 Å². The van der Waals surface area contributed by atoms with Crippen molar-refractivity contribution < 1.29 is 67.4 Å². The molecular formula is C60H70ClF4N5O11P2S3. The lowest BCUT2D eigenvalue weighted by atomic mass is 9.94. The molecule has 0 bridgehead atoms. The quantitative estimate of drug-likeness (QED) is 0.0214. The summed E-state index contributed by atoms with van der Waals surface area (Å²) in [5.41, 5.74) is -1.25. The third-order valence-electron chi connectivity index (χ3n) is 15.9. The molecule has 3 aliphatic heterocycles. The zero-order chi connectivity index (χ0) is 61.9. The number of anilines is 3. The van der Waals surface area contributed by atoms with Crippen molar-refractivity contribution in [2.75, 3.05) is 98.2 Å². The molecular weight excluding hydrogens is 1240 g/mol. The molecule has 0 radical (unpaired) electrons. The third kappa shape index (κ3) is 15.1. The Labute approximate surface area is 509 Å². The first-order chi connectivity index (χ1) is 40.6. The fourth-order valence-corrected chi connectivity index (χ4v) is 18.0. The number of piperidine rings is 1. The number of hydrogen-bond donors (Lipinski definition) is 2. The standard InChI is InChI=1S/C60H70ClF4N5O11P2S3/c1-41(2)70-42(3)58(85(4,76)77)56(57(70)44-11-14-48(61)15-12-44)47-36-49(62)38-52(37-47)68-29-27-67(28-30-68)50-16-18-51(19-17-50)69-31-33-81-83(69,75)53-20-13-46(55(39-53)86(78,79)60(63,64)65)35-43(40-84-54-9-6-5-7-10-54)21-24-66-25-22-45(23-26-66)59(71)80-32-8-34-82(72,73)74/h5-7,9-20,36-39,41,43,45H,8,21-35,40H2,1-4H3,(H2,72,73,74)/t43-,83-/m0/s1. The number of carbonyl (C=O) groups is 1. The van der Waals surface area contributed by atoms with Crippen LogP contribution in [-0.2, 0) is 49.3 Å². The number of alkyl halides is 3. The third-order valence-corrected chi connectivity index (χ3v) is 23.7. The van der Waals surface area contributed by atoms with Crippen LogP contribution in [0, 0.1) is 24.6 Å². The number of piperazine rings is 1. The van der Waals surface area contributed by atoms with Crippen molar-refractivity contribution in [1.29, 1.82) is 0 Å². The molecule has 3 aliphatic rings. The van der Waals surface area contributed by atoms with Crippen LogP contribution in [0.4, 0.5) is 34.6 Å². The highest BCUT2D eigenvalue weighted by molar-refractivity contribution is 7.99. The Bertz CT molecular complexity index is 3730. The van der Waals surface area contributed by atoms with Crippen LogP contribution >= 0.6 is 38.5 Å². The summed E-state index contributed by atoms with van der Waals surface area (Å²) in [5.74, 6) is -1.27. The summed E-state index contributed by atoms with van der Waals surface area (Å²) in [6.07, 6.45) is 2.16. The van der Waals surface area contributed by atoms with Crippen LogP contribution in [0.3, 0.4) is 0 Å². The van der Waals surface area contributed by atoms with Gasteiger partial charge in [-0.3, -0.25) is 18.6 Å². The van der Waals surface area contributed by atoms with E-state index in [0.717, 1.165) is 28.5 Å². The van der Waals surface area contributed by atoms with E-state index in [-0.39, 0.29) is 66.5 Å². The Morgan fingerprint density at radius 2 is 1.48 bits per heavy atom. The van der Waals surface area contributed by atoms with Crippen molar-refractivity contribution >= 4 is 86.5 Å². The van der Waals surface area contributed by atoms with Crippen molar-refractivity contribution in [3.63, 3.8) is 0 Å². The van der Waals surface area contributed by atoms with Gasteiger partial charge in [0.15, 0.2) is 9.84 Å². The largest absolute Gasteiger partial charge is 0.501 e. The fraction of sp³-hybridized carbons (Fsp3) is 0.417. The first-order valence-corrected chi connectivity index (χ1v) is 36.4. The molecule has 2 atom stereocenters. The maximum atomic E-state index is 15.9. The summed E-state index contributed by atoms with van der Waals surface area (Å²) in [5, 5.41) is 0.304. The number of sulfone groups is 2. The minimum atomic E-state index is -5.98. The molecule has 3 fully saturated rings. The van der Waals surface area contributed by atoms with E-state index in [0.29, 0.717) is 110 Å². The molecule has 0 amide bonds. The van der Waals surface area contributed by atoms with Crippen LogP contribution in [0.2, 0.25) is 5.02 Å². The predicted octanol–water partition coefficient (Wildman–Crippen LogP) is 12.0. The number of thioether (sulfide) groups is 1. The number of ether oxygens (including phenoxy) is 1. The van der Waals surface area contributed by atoms with E-state index in [1.165, 1.54) is 40.7 Å². The van der Waals surface area contributed by atoms with Gasteiger partial charge in [0.2, 0.25) is 0 Å². The molecule has 86 heavy (non-hydrogen) atoms. The van der Waals surface area contributed by atoms with Crippen LogP contribution in [0.5, 0.6) is 0 Å². The predicted molar refractivity (Wildman–Crippen MR) is 330 cm³/mol. The Morgan fingerprint density at radius 1 is 0.837 bits per heavy atom. The van der Waals surface area contributed by atoms with Gasteiger partial charge >= 0.3 is 26.6 Å². The van der Waals surface area contributed by atoms with Gasteiger partial charge in [-0.1, -0.05) is 48.0 Å². The van der Waals surface area contributed by atoms with E-state index in [4.69, 9.17) is 30.6 Å². The molecule has 0 unspecified atom stereocenters. The highest BCUT2D eigenvalue weighted by Gasteiger charge is 2.49. The van der Waals surface area contributed by atoms with Gasteiger partial charge in [0.1, 0.15) is 5.82 Å². The Balaban J connectivity index is 0.903. The van der Waals surface area contributed by atoms with Crippen LogP contribution in [0.1, 0.15) is 56.8 Å². The summed E-state index contributed by atoms with van der Waals surface area (Å²) < 4.78 is 155. The number of halogens is 5. The van der Waals surface area contributed by atoms with Gasteiger partial charge in [0, 0.05) is 82.5 Å². The molecule has 0 saturated carbocycles. The average Bonchev–Trinajstić information content (AvgIpc) is 1.70. The number of carbonyl (C=O) groups excluding carboxylic acids is 1. The Kier molecular flexibility index (Phi) is 20.4. The maximum absolute atomic E-state index is 15.9. The highest BCUT2D eigenvalue weighted by atomic mass is 35.5. The number of rotatable bonds is 22. The first kappa shape index (κ1) is 65.3. The summed E-state index contributed by atoms with van der Waals surface area (Å²) in [6, 6.07) is 31.7. The van der Waals surface area contributed by atoms with Crippen molar-refractivity contribution in [1.82, 2.24) is 9.47 Å². The van der Waals surface area contributed by atoms with Gasteiger partial charge in [0.05, 0.1) is 52.6 Å². The molecule has 4 heterocycles. The SMILES string of the molecule is Cc1c(S(C)(=O)=O)c(-c2cc(F)cc(N3CCN(c4ccc(N5CCO[P@@]5(=O)c5ccc(C[C@H](CCN6CCC(C(=O)OCCCP(=O)(O)O)CC6)CSc6ccccc6)c(S(=O)(=O)C(F)(F)F)c5)cc4)CC3)c2)c(-c2ccc(Cl)cc2)n1C(C)C. The van der Waals surface area contributed by atoms with Gasteiger partial charge in [-0.25, -0.2) is 21.2 Å². The van der Waals surface area contributed by atoms with Crippen LogP contribution in [0.25, 0.3) is 22.4 Å². The first-order valence-electron chi connectivity index (χ1n) is 28.3. The summed E-state index contributed by atoms with van der Waals surface area (Å²) in [6.45, 7) is 9.12. The second kappa shape index (κ2) is 26.9. The van der Waals surface area contributed by atoms with Crippen LogP contribution < -0.4 is 19.8 Å². The molecule has 2 N–H and O–H groups in total. The zero-order valence-electron chi connectivity index (χ0n) is 48.0.